The minimum Gasteiger partial charge on any atom is -0.489 e. The lowest BCUT2D eigenvalue weighted by atomic mass is 10.1. The van der Waals surface area contributed by atoms with E-state index in [0.717, 1.165) is 10.5 Å². The second kappa shape index (κ2) is 16.7. The van der Waals surface area contributed by atoms with Gasteiger partial charge in [0.1, 0.15) is 18.1 Å². The summed E-state index contributed by atoms with van der Waals surface area (Å²) in [5, 5.41) is 8.55. The van der Waals surface area contributed by atoms with E-state index < -0.39 is 17.1 Å². The zero-order valence-electron chi connectivity index (χ0n) is 25.8. The summed E-state index contributed by atoms with van der Waals surface area (Å²) in [5.41, 5.74) is 3.10. The zero-order valence-corrected chi connectivity index (χ0v) is 28.1. The van der Waals surface area contributed by atoms with Gasteiger partial charge in [0, 0.05) is 16.1 Å². The lowest BCUT2D eigenvalue weighted by Crippen LogP contribution is -2.30. The summed E-state index contributed by atoms with van der Waals surface area (Å²) < 4.78 is 5.89. The molecule has 0 spiro atoms. The Morgan fingerprint density at radius 2 is 1.48 bits per heavy atom. The third-order valence-electron chi connectivity index (χ3n) is 6.95. The van der Waals surface area contributed by atoms with Crippen LogP contribution in [0.25, 0.3) is 6.08 Å². The lowest BCUT2D eigenvalue weighted by molar-refractivity contribution is -0.115. The van der Waals surface area contributed by atoms with E-state index in [1.165, 1.54) is 11.8 Å². The van der Waals surface area contributed by atoms with Crippen molar-refractivity contribution in [3.05, 3.63) is 160 Å². The van der Waals surface area contributed by atoms with E-state index in [1.807, 2.05) is 66.7 Å². The van der Waals surface area contributed by atoms with Crippen LogP contribution in [0.1, 0.15) is 28.4 Å². The van der Waals surface area contributed by atoms with Crippen molar-refractivity contribution in [3.8, 4) is 5.75 Å². The van der Waals surface area contributed by atoms with Crippen LogP contribution in [0, 0.1) is 0 Å². The van der Waals surface area contributed by atoms with E-state index in [4.69, 9.17) is 27.9 Å². The molecule has 3 amide bonds. The molecule has 5 aromatic carbocycles. The molecule has 0 aliphatic carbocycles. The Kier molecular flexibility index (Phi) is 11.9. The predicted molar refractivity (Wildman–Crippen MR) is 195 cm³/mol. The first-order chi connectivity index (χ1) is 23.2. The molecule has 1 unspecified atom stereocenters. The fraction of sp³-hybridized carbons (Fsp3) is 0.0789. The molecule has 242 valence electrons. The van der Waals surface area contributed by atoms with E-state index in [0.29, 0.717) is 39.9 Å². The fourth-order valence-corrected chi connectivity index (χ4v) is 5.72. The van der Waals surface area contributed by atoms with Crippen LogP contribution in [0.3, 0.4) is 0 Å². The standard InChI is InChI=1S/C38H31Cl2N3O4S/c1-25(36(44)42-33-17-9-16-32(39)35(33)40)48-31-15-8-14-29(23-31)41-38(46)34(43-37(45)28-12-6-3-7-13-28)22-26-18-20-30(21-19-26)47-24-27-10-4-2-5-11-27/h2-23,25H,24H2,1H3,(H,41,46)(H,42,44)(H,43,45)/b34-22+. The topological polar surface area (TPSA) is 96.5 Å². The number of thioether (sulfide) groups is 1. The highest BCUT2D eigenvalue weighted by atomic mass is 35.5. The van der Waals surface area contributed by atoms with Gasteiger partial charge in [0.2, 0.25) is 5.91 Å². The van der Waals surface area contributed by atoms with Gasteiger partial charge in [0.15, 0.2) is 0 Å². The minimum atomic E-state index is -0.521. The van der Waals surface area contributed by atoms with E-state index in [9.17, 15) is 14.4 Å². The molecule has 0 heterocycles. The molecule has 0 radical (unpaired) electrons. The van der Waals surface area contributed by atoms with Gasteiger partial charge >= 0.3 is 0 Å². The average Bonchev–Trinajstić information content (AvgIpc) is 3.10. The molecule has 5 rings (SSSR count). The van der Waals surface area contributed by atoms with E-state index >= 15 is 0 Å². The van der Waals surface area contributed by atoms with Crippen molar-refractivity contribution >= 4 is 70.1 Å². The smallest absolute Gasteiger partial charge is 0.272 e. The van der Waals surface area contributed by atoms with Gasteiger partial charge in [-0.1, -0.05) is 96.0 Å². The van der Waals surface area contributed by atoms with E-state index in [-0.39, 0.29) is 16.6 Å². The number of ether oxygens (including phenoxy) is 1. The van der Waals surface area contributed by atoms with Gasteiger partial charge < -0.3 is 20.7 Å². The molecule has 3 N–H and O–H groups in total. The van der Waals surface area contributed by atoms with Crippen LogP contribution in [0.15, 0.2) is 138 Å². The van der Waals surface area contributed by atoms with Crippen molar-refractivity contribution in [1.29, 1.82) is 0 Å². The first kappa shape index (κ1) is 34.3. The Bertz CT molecular complexity index is 1920. The third-order valence-corrected chi connectivity index (χ3v) is 8.86. The van der Waals surface area contributed by atoms with Crippen molar-refractivity contribution in [3.63, 3.8) is 0 Å². The summed E-state index contributed by atoms with van der Waals surface area (Å²) in [6, 6.07) is 37.8. The number of benzene rings is 5. The highest BCUT2D eigenvalue weighted by molar-refractivity contribution is 8.00. The summed E-state index contributed by atoms with van der Waals surface area (Å²) in [5.74, 6) is -0.539. The van der Waals surface area contributed by atoms with E-state index in [2.05, 4.69) is 16.0 Å². The fourth-order valence-electron chi connectivity index (χ4n) is 4.45. The molecule has 0 bridgehead atoms. The van der Waals surface area contributed by atoms with Crippen LogP contribution in [-0.2, 0) is 16.2 Å². The zero-order chi connectivity index (χ0) is 33.9. The number of nitrogens with one attached hydrogen (secondary N) is 3. The molecule has 0 aliphatic heterocycles. The Labute approximate surface area is 293 Å². The van der Waals surface area contributed by atoms with Crippen LogP contribution < -0.4 is 20.7 Å². The Morgan fingerprint density at radius 3 is 2.21 bits per heavy atom. The summed E-state index contributed by atoms with van der Waals surface area (Å²) in [6.07, 6.45) is 1.60. The second-order valence-electron chi connectivity index (χ2n) is 10.6. The number of halogens is 2. The maximum Gasteiger partial charge on any atom is 0.272 e. The molecule has 1 atom stereocenters. The van der Waals surface area contributed by atoms with Gasteiger partial charge in [-0.3, -0.25) is 14.4 Å². The average molecular weight is 697 g/mol. The number of hydrogen-bond donors (Lipinski definition) is 3. The number of amides is 3. The van der Waals surface area contributed by atoms with Crippen LogP contribution >= 0.6 is 35.0 Å². The first-order valence-electron chi connectivity index (χ1n) is 14.9. The third kappa shape index (κ3) is 9.75. The van der Waals surface area contributed by atoms with Gasteiger partial charge in [0.05, 0.1) is 21.0 Å². The Morgan fingerprint density at radius 1 is 0.792 bits per heavy atom. The highest BCUT2D eigenvalue weighted by Crippen LogP contribution is 2.31. The van der Waals surface area contributed by atoms with Crippen molar-refractivity contribution in [1.82, 2.24) is 5.32 Å². The molecule has 0 saturated heterocycles. The van der Waals surface area contributed by atoms with Crippen molar-refractivity contribution in [2.24, 2.45) is 0 Å². The van der Waals surface area contributed by atoms with Crippen LogP contribution in [0.5, 0.6) is 5.75 Å². The number of anilines is 2. The number of carbonyl (C=O) groups is 3. The molecule has 0 saturated carbocycles. The number of carbonyl (C=O) groups excluding carboxylic acids is 3. The van der Waals surface area contributed by atoms with Crippen molar-refractivity contribution in [2.75, 3.05) is 10.6 Å². The van der Waals surface area contributed by atoms with Gasteiger partial charge in [-0.15, -0.1) is 11.8 Å². The second-order valence-corrected chi connectivity index (χ2v) is 12.8. The number of hydrogen-bond acceptors (Lipinski definition) is 5. The maximum atomic E-state index is 13.6. The summed E-state index contributed by atoms with van der Waals surface area (Å²) in [4.78, 5) is 40.3. The normalized spacial score (nSPS) is 11.7. The van der Waals surface area contributed by atoms with E-state index in [1.54, 1.807) is 73.7 Å². The molecule has 10 heteroatoms. The summed E-state index contributed by atoms with van der Waals surface area (Å²) in [6.45, 7) is 2.19. The van der Waals surface area contributed by atoms with Gasteiger partial charge in [-0.05, 0) is 78.7 Å². The highest BCUT2D eigenvalue weighted by Gasteiger charge is 2.18. The van der Waals surface area contributed by atoms with Crippen LogP contribution in [0.4, 0.5) is 11.4 Å². The van der Waals surface area contributed by atoms with Crippen molar-refractivity contribution in [2.45, 2.75) is 23.7 Å². The molecule has 7 nitrogen and oxygen atoms in total. The van der Waals surface area contributed by atoms with Gasteiger partial charge in [-0.2, -0.15) is 0 Å². The molecule has 5 aromatic rings. The van der Waals surface area contributed by atoms with Crippen molar-refractivity contribution < 1.29 is 19.1 Å². The SMILES string of the molecule is CC(Sc1cccc(NC(=O)/C(=C\c2ccc(OCc3ccccc3)cc2)NC(=O)c2ccccc2)c1)C(=O)Nc1cccc(Cl)c1Cl. The molecule has 0 fully saturated rings. The maximum absolute atomic E-state index is 13.6. The van der Waals surface area contributed by atoms with Gasteiger partial charge in [-0.25, -0.2) is 0 Å². The van der Waals surface area contributed by atoms with Gasteiger partial charge in [0.25, 0.3) is 11.8 Å². The molecule has 0 aromatic heterocycles. The number of rotatable bonds is 12. The predicted octanol–water partition coefficient (Wildman–Crippen LogP) is 9.10. The summed E-state index contributed by atoms with van der Waals surface area (Å²) >= 11 is 13.6. The molecule has 0 aliphatic rings. The monoisotopic (exact) mass is 695 g/mol. The Hall–Kier alpha value is -5.02. The van der Waals surface area contributed by atoms with Crippen LogP contribution in [-0.4, -0.2) is 23.0 Å². The largest absolute Gasteiger partial charge is 0.489 e. The van der Waals surface area contributed by atoms with Crippen LogP contribution in [0.2, 0.25) is 10.0 Å². The first-order valence-corrected chi connectivity index (χ1v) is 16.6. The lowest BCUT2D eigenvalue weighted by Gasteiger charge is -2.15. The quantitative estimate of drug-likeness (QED) is 0.0894. The minimum absolute atomic E-state index is 0.0472. The summed E-state index contributed by atoms with van der Waals surface area (Å²) in [7, 11) is 0. The Balaban J connectivity index is 1.29. The molecular formula is C38H31Cl2N3O4S. The molecular weight excluding hydrogens is 665 g/mol. The molecule has 48 heavy (non-hydrogen) atoms.